The first kappa shape index (κ1) is 18.9. The lowest BCUT2D eigenvalue weighted by Crippen LogP contribution is -2.33. The predicted molar refractivity (Wildman–Crippen MR) is 101 cm³/mol. The molecule has 0 spiro atoms. The van der Waals surface area contributed by atoms with Crippen molar-refractivity contribution in [2.45, 2.75) is 31.2 Å². The van der Waals surface area contributed by atoms with Gasteiger partial charge in [0, 0.05) is 24.3 Å². The summed E-state index contributed by atoms with van der Waals surface area (Å²) in [7, 11) is -2.52. The molecule has 1 heterocycles. The number of fused-ring (bicyclic) bond motifs is 1. The molecule has 1 atom stereocenters. The van der Waals surface area contributed by atoms with Gasteiger partial charge in [-0.05, 0) is 61.4 Å². The van der Waals surface area contributed by atoms with Crippen molar-refractivity contribution in [3.63, 3.8) is 0 Å². The first-order valence-electron chi connectivity index (χ1n) is 8.37. The third-order valence-electron chi connectivity index (χ3n) is 4.47. The van der Waals surface area contributed by atoms with Crippen LogP contribution in [0.2, 0.25) is 0 Å². The van der Waals surface area contributed by atoms with Gasteiger partial charge in [0.05, 0.1) is 17.6 Å². The Labute approximate surface area is 158 Å². The number of ether oxygens (including phenoxy) is 1. The fraction of sp³-hybridized carbons (Fsp3) is 0.263. The molecule has 27 heavy (non-hydrogen) atoms. The Morgan fingerprint density at radius 3 is 2.41 bits per heavy atom. The number of nitrogens with zero attached hydrogens (tertiary/aromatic N) is 1. The van der Waals surface area contributed by atoms with Crippen LogP contribution in [0.3, 0.4) is 0 Å². The average molecular weight is 388 g/mol. The Hall–Kier alpha value is -2.87. The van der Waals surface area contributed by atoms with Gasteiger partial charge in [-0.25, -0.2) is 13.2 Å². The van der Waals surface area contributed by atoms with Crippen LogP contribution in [-0.2, 0) is 26.0 Å². The summed E-state index contributed by atoms with van der Waals surface area (Å²) in [6, 6.07) is 10.7. The lowest BCUT2D eigenvalue weighted by Gasteiger charge is -2.20. The molecule has 0 bridgehead atoms. The molecule has 2 aromatic carbocycles. The molecule has 1 aliphatic rings. The van der Waals surface area contributed by atoms with Crippen LogP contribution in [0.15, 0.2) is 47.4 Å². The first-order valence-corrected chi connectivity index (χ1v) is 9.85. The van der Waals surface area contributed by atoms with E-state index in [0.717, 1.165) is 11.3 Å². The summed E-state index contributed by atoms with van der Waals surface area (Å²) in [6.45, 7) is 3.42. The van der Waals surface area contributed by atoms with E-state index < -0.39 is 16.0 Å². The van der Waals surface area contributed by atoms with E-state index in [1.807, 2.05) is 6.92 Å². The van der Waals surface area contributed by atoms with Gasteiger partial charge in [0.15, 0.2) is 0 Å². The third-order valence-corrected chi connectivity index (χ3v) is 5.85. The molecule has 2 aromatic rings. The number of amides is 1. The van der Waals surface area contributed by atoms with Crippen molar-refractivity contribution in [3.05, 3.63) is 53.6 Å². The zero-order valence-electron chi connectivity index (χ0n) is 15.2. The van der Waals surface area contributed by atoms with Gasteiger partial charge in [0.1, 0.15) is 0 Å². The Balaban J connectivity index is 1.85. The number of rotatable bonds is 4. The quantitative estimate of drug-likeness (QED) is 0.813. The van der Waals surface area contributed by atoms with Gasteiger partial charge in [-0.15, -0.1) is 0 Å². The lowest BCUT2D eigenvalue weighted by atomic mass is 10.1. The molecule has 0 radical (unpaired) electrons. The normalized spacial score (nSPS) is 16.0. The second kappa shape index (κ2) is 7.03. The molecule has 3 rings (SSSR count). The molecule has 7 nitrogen and oxygen atoms in total. The van der Waals surface area contributed by atoms with E-state index in [2.05, 4.69) is 9.46 Å². The van der Waals surface area contributed by atoms with Gasteiger partial charge in [-0.2, -0.15) is 0 Å². The minimum Gasteiger partial charge on any atom is -0.465 e. The third kappa shape index (κ3) is 3.66. The molecule has 1 aliphatic heterocycles. The Kier molecular flexibility index (Phi) is 4.93. The minimum atomic E-state index is -3.80. The van der Waals surface area contributed by atoms with Gasteiger partial charge in [-0.3, -0.25) is 9.52 Å². The molecular formula is C19H20N2O5S. The number of carbonyl (C=O) groups is 2. The van der Waals surface area contributed by atoms with Gasteiger partial charge < -0.3 is 9.64 Å². The molecule has 142 valence electrons. The monoisotopic (exact) mass is 388 g/mol. The second-order valence-electron chi connectivity index (χ2n) is 6.41. The van der Waals surface area contributed by atoms with Gasteiger partial charge in [0.25, 0.3) is 10.0 Å². The van der Waals surface area contributed by atoms with Crippen LogP contribution < -0.4 is 9.62 Å². The number of hydrogen-bond acceptors (Lipinski definition) is 5. The van der Waals surface area contributed by atoms with E-state index in [0.29, 0.717) is 17.7 Å². The van der Waals surface area contributed by atoms with Crippen LogP contribution in [0, 0.1) is 0 Å². The van der Waals surface area contributed by atoms with Crippen molar-refractivity contribution in [1.82, 2.24) is 0 Å². The van der Waals surface area contributed by atoms with Crippen LogP contribution in [0.5, 0.6) is 0 Å². The molecule has 1 N–H and O–H groups in total. The Morgan fingerprint density at radius 1 is 1.15 bits per heavy atom. The first-order chi connectivity index (χ1) is 12.7. The van der Waals surface area contributed by atoms with Gasteiger partial charge in [0.2, 0.25) is 5.91 Å². The highest BCUT2D eigenvalue weighted by molar-refractivity contribution is 7.92. The highest BCUT2D eigenvalue weighted by atomic mass is 32.2. The number of esters is 1. The molecule has 0 aromatic heterocycles. The maximum absolute atomic E-state index is 12.7. The molecule has 1 amide bonds. The number of hydrogen-bond donors (Lipinski definition) is 1. The van der Waals surface area contributed by atoms with Crippen molar-refractivity contribution < 1.29 is 22.7 Å². The number of anilines is 2. The molecule has 0 aliphatic carbocycles. The van der Waals surface area contributed by atoms with Crippen LogP contribution in [-0.4, -0.2) is 33.4 Å². The lowest BCUT2D eigenvalue weighted by molar-refractivity contribution is -0.116. The molecule has 0 saturated heterocycles. The van der Waals surface area contributed by atoms with Crippen LogP contribution in [0.4, 0.5) is 11.4 Å². The summed E-state index contributed by atoms with van der Waals surface area (Å²) in [6.07, 6.45) is 0.603. The van der Waals surface area contributed by atoms with E-state index in [-0.39, 0.29) is 16.8 Å². The van der Waals surface area contributed by atoms with Crippen LogP contribution in [0.1, 0.15) is 29.8 Å². The number of nitrogens with one attached hydrogen (secondary N) is 1. The summed E-state index contributed by atoms with van der Waals surface area (Å²) in [4.78, 5) is 25.0. The van der Waals surface area contributed by atoms with Crippen molar-refractivity contribution >= 4 is 33.3 Å². The average Bonchev–Trinajstić information content (AvgIpc) is 2.96. The van der Waals surface area contributed by atoms with E-state index in [4.69, 9.17) is 0 Å². The van der Waals surface area contributed by atoms with E-state index in [9.17, 15) is 18.0 Å². The molecular weight excluding hydrogens is 368 g/mol. The molecule has 0 saturated carbocycles. The molecule has 8 heteroatoms. The largest absolute Gasteiger partial charge is 0.465 e. The topological polar surface area (TPSA) is 92.8 Å². The summed E-state index contributed by atoms with van der Waals surface area (Å²) in [5, 5.41) is 0. The van der Waals surface area contributed by atoms with Crippen LogP contribution in [0.25, 0.3) is 0 Å². The number of sulfonamides is 1. The fourth-order valence-electron chi connectivity index (χ4n) is 3.26. The molecule has 0 unspecified atom stereocenters. The highest BCUT2D eigenvalue weighted by Gasteiger charge is 2.30. The maximum Gasteiger partial charge on any atom is 0.337 e. The minimum absolute atomic E-state index is 0.00530. The highest BCUT2D eigenvalue weighted by Crippen LogP contribution is 2.34. The van der Waals surface area contributed by atoms with Gasteiger partial charge >= 0.3 is 5.97 Å². The zero-order valence-corrected chi connectivity index (χ0v) is 16.0. The van der Waals surface area contributed by atoms with Crippen molar-refractivity contribution in [1.29, 1.82) is 0 Å². The van der Waals surface area contributed by atoms with E-state index in [1.165, 1.54) is 44.4 Å². The van der Waals surface area contributed by atoms with E-state index in [1.54, 1.807) is 17.0 Å². The zero-order chi connectivity index (χ0) is 19.8. The number of benzene rings is 2. The summed E-state index contributed by atoms with van der Waals surface area (Å²) in [5.74, 6) is -0.562. The summed E-state index contributed by atoms with van der Waals surface area (Å²) in [5.41, 5.74) is 2.23. The number of methoxy groups -OCH3 is 1. The predicted octanol–water partition coefficient (Wildman–Crippen LogP) is 2.57. The van der Waals surface area contributed by atoms with Crippen molar-refractivity contribution in [3.8, 4) is 0 Å². The van der Waals surface area contributed by atoms with E-state index >= 15 is 0 Å². The second-order valence-corrected chi connectivity index (χ2v) is 8.09. The number of carbonyl (C=O) groups excluding carboxylic acids is 2. The SMILES string of the molecule is COC(=O)c1ccc(NS(=O)(=O)c2ccc3c(c2)C[C@@H](C)N3C(C)=O)cc1. The fourth-order valence-corrected chi connectivity index (χ4v) is 4.37. The van der Waals surface area contributed by atoms with Crippen LogP contribution >= 0.6 is 0 Å². The van der Waals surface area contributed by atoms with Gasteiger partial charge in [-0.1, -0.05) is 0 Å². The standard InChI is InChI=1S/C19H20N2O5S/c1-12-10-15-11-17(8-9-18(15)21(12)13(2)22)27(24,25)20-16-6-4-14(5-7-16)19(23)26-3/h4-9,11-12,20H,10H2,1-3H3/t12-/m1/s1. The molecule has 0 fully saturated rings. The summed E-state index contributed by atoms with van der Waals surface area (Å²) >= 11 is 0. The van der Waals surface area contributed by atoms with Crippen molar-refractivity contribution in [2.75, 3.05) is 16.7 Å². The maximum atomic E-state index is 12.7. The summed E-state index contributed by atoms with van der Waals surface area (Å²) < 4.78 is 32.5. The Bertz CT molecular complexity index is 999. The van der Waals surface area contributed by atoms with Crippen molar-refractivity contribution in [2.24, 2.45) is 0 Å². The Morgan fingerprint density at radius 2 is 1.81 bits per heavy atom. The smallest absolute Gasteiger partial charge is 0.337 e.